The van der Waals surface area contributed by atoms with Crippen LogP contribution in [0.2, 0.25) is 0 Å². The number of rotatable bonds is 11. The van der Waals surface area contributed by atoms with E-state index in [1.165, 1.54) is 0 Å². The van der Waals surface area contributed by atoms with E-state index < -0.39 is 0 Å². The van der Waals surface area contributed by atoms with Crippen molar-refractivity contribution in [3.63, 3.8) is 0 Å². The SMILES string of the molecule is CC.CCCOCCOCCOCCn1cc(C)nn1. The van der Waals surface area contributed by atoms with E-state index in [-0.39, 0.29) is 0 Å². The molecule has 20 heavy (non-hydrogen) atoms. The van der Waals surface area contributed by atoms with Crippen molar-refractivity contribution in [3.05, 3.63) is 11.9 Å². The summed E-state index contributed by atoms with van der Waals surface area (Å²) >= 11 is 0. The molecule has 0 saturated carbocycles. The Morgan fingerprint density at radius 1 is 0.950 bits per heavy atom. The quantitative estimate of drug-likeness (QED) is 0.583. The van der Waals surface area contributed by atoms with Crippen molar-refractivity contribution in [2.75, 3.05) is 39.6 Å². The molecular formula is C14H29N3O3. The molecule has 0 saturated heterocycles. The maximum atomic E-state index is 5.42. The molecule has 0 amide bonds. The first-order chi connectivity index (χ1) is 9.83. The molecule has 0 aliphatic rings. The second-order valence-corrected chi connectivity index (χ2v) is 3.96. The standard InChI is InChI=1S/C12H23N3O3.C2H6/c1-3-5-16-7-9-18-10-8-17-6-4-15-11-12(2)13-14-15;1-2/h11H,3-10H2,1-2H3;1-2H3. The van der Waals surface area contributed by atoms with E-state index >= 15 is 0 Å². The van der Waals surface area contributed by atoms with Gasteiger partial charge in [-0.15, -0.1) is 5.10 Å². The summed E-state index contributed by atoms with van der Waals surface area (Å²) < 4.78 is 17.8. The van der Waals surface area contributed by atoms with Gasteiger partial charge in [0.1, 0.15) is 0 Å². The highest BCUT2D eigenvalue weighted by atomic mass is 16.5. The Morgan fingerprint density at radius 2 is 1.50 bits per heavy atom. The summed E-state index contributed by atoms with van der Waals surface area (Å²) in [5.74, 6) is 0. The first-order valence-corrected chi connectivity index (χ1v) is 7.43. The number of nitrogens with zero attached hydrogens (tertiary/aromatic N) is 3. The predicted octanol–water partition coefficient (Wildman–Crippen LogP) is 2.07. The van der Waals surface area contributed by atoms with Gasteiger partial charge in [-0.1, -0.05) is 26.0 Å². The fourth-order valence-electron chi connectivity index (χ4n) is 1.35. The fourth-order valence-corrected chi connectivity index (χ4v) is 1.35. The van der Waals surface area contributed by atoms with Gasteiger partial charge < -0.3 is 14.2 Å². The van der Waals surface area contributed by atoms with Gasteiger partial charge in [0.2, 0.25) is 0 Å². The van der Waals surface area contributed by atoms with Gasteiger partial charge in [-0.25, -0.2) is 4.68 Å². The number of aromatic nitrogens is 3. The summed E-state index contributed by atoms with van der Waals surface area (Å²) in [5, 5.41) is 7.83. The molecule has 1 rings (SSSR count). The van der Waals surface area contributed by atoms with E-state index in [2.05, 4.69) is 17.2 Å². The lowest BCUT2D eigenvalue weighted by Gasteiger charge is -2.06. The van der Waals surface area contributed by atoms with E-state index in [0.29, 0.717) is 33.0 Å². The van der Waals surface area contributed by atoms with Crippen molar-refractivity contribution in [3.8, 4) is 0 Å². The molecule has 0 aliphatic heterocycles. The molecule has 0 unspecified atom stereocenters. The average Bonchev–Trinajstić information content (AvgIpc) is 2.89. The fraction of sp³-hybridized carbons (Fsp3) is 0.857. The molecule has 0 bridgehead atoms. The van der Waals surface area contributed by atoms with Gasteiger partial charge in [0.05, 0.1) is 45.3 Å². The second kappa shape index (κ2) is 14.4. The third-order valence-corrected chi connectivity index (χ3v) is 2.21. The van der Waals surface area contributed by atoms with Crippen LogP contribution in [0, 0.1) is 6.92 Å². The number of hydrogen-bond acceptors (Lipinski definition) is 5. The lowest BCUT2D eigenvalue weighted by molar-refractivity contribution is 0.0128. The topological polar surface area (TPSA) is 58.4 Å². The summed E-state index contributed by atoms with van der Waals surface area (Å²) in [6, 6.07) is 0. The van der Waals surface area contributed by atoms with Crippen molar-refractivity contribution in [1.82, 2.24) is 15.0 Å². The zero-order valence-electron chi connectivity index (χ0n) is 13.3. The van der Waals surface area contributed by atoms with Crippen molar-refractivity contribution in [1.29, 1.82) is 0 Å². The lowest BCUT2D eigenvalue weighted by atomic mass is 10.5. The Kier molecular flexibility index (Phi) is 13.7. The van der Waals surface area contributed by atoms with E-state index in [0.717, 1.165) is 25.3 Å². The summed E-state index contributed by atoms with van der Waals surface area (Å²) in [5.41, 5.74) is 0.922. The van der Waals surface area contributed by atoms with Crippen LogP contribution in [0.3, 0.4) is 0 Å². The van der Waals surface area contributed by atoms with Crippen molar-refractivity contribution in [2.45, 2.75) is 40.7 Å². The van der Waals surface area contributed by atoms with Crippen molar-refractivity contribution >= 4 is 0 Å². The minimum absolute atomic E-state index is 0.599. The molecule has 0 aromatic carbocycles. The van der Waals surface area contributed by atoms with Gasteiger partial charge in [0.15, 0.2) is 0 Å². The van der Waals surface area contributed by atoms with Crippen LogP contribution < -0.4 is 0 Å². The molecule has 0 aliphatic carbocycles. The smallest absolute Gasteiger partial charge is 0.0796 e. The van der Waals surface area contributed by atoms with E-state index in [1.54, 1.807) is 4.68 Å². The molecule has 6 heteroatoms. The molecule has 1 heterocycles. The summed E-state index contributed by atoms with van der Waals surface area (Å²) in [4.78, 5) is 0. The maximum Gasteiger partial charge on any atom is 0.0796 e. The monoisotopic (exact) mass is 287 g/mol. The van der Waals surface area contributed by atoms with Crippen LogP contribution in [0.25, 0.3) is 0 Å². The third-order valence-electron chi connectivity index (χ3n) is 2.21. The number of ether oxygens (including phenoxy) is 3. The maximum absolute atomic E-state index is 5.42. The van der Waals surface area contributed by atoms with Gasteiger partial charge in [-0.2, -0.15) is 0 Å². The molecule has 0 spiro atoms. The predicted molar refractivity (Wildman–Crippen MR) is 78.9 cm³/mol. The highest BCUT2D eigenvalue weighted by Crippen LogP contribution is 1.89. The first kappa shape index (κ1) is 19.0. The Bertz CT molecular complexity index is 306. The van der Waals surface area contributed by atoms with Crippen LogP contribution in [0.15, 0.2) is 6.20 Å². The zero-order chi connectivity index (χ0) is 15.1. The molecule has 118 valence electrons. The molecule has 1 aromatic heterocycles. The van der Waals surface area contributed by atoms with E-state index in [9.17, 15) is 0 Å². The molecule has 1 aromatic rings. The van der Waals surface area contributed by atoms with Gasteiger partial charge in [-0.3, -0.25) is 0 Å². The van der Waals surface area contributed by atoms with Crippen LogP contribution in [-0.2, 0) is 20.8 Å². The third kappa shape index (κ3) is 10.9. The highest BCUT2D eigenvalue weighted by molar-refractivity contribution is 4.86. The van der Waals surface area contributed by atoms with Crippen LogP contribution in [-0.4, -0.2) is 54.6 Å². The Morgan fingerprint density at radius 3 is 2.00 bits per heavy atom. The van der Waals surface area contributed by atoms with Crippen LogP contribution >= 0.6 is 0 Å². The van der Waals surface area contributed by atoms with Gasteiger partial charge in [0, 0.05) is 12.8 Å². The van der Waals surface area contributed by atoms with E-state index in [4.69, 9.17) is 14.2 Å². The summed E-state index contributed by atoms with van der Waals surface area (Å²) in [7, 11) is 0. The zero-order valence-corrected chi connectivity index (χ0v) is 13.3. The highest BCUT2D eigenvalue weighted by Gasteiger charge is 1.95. The molecule has 0 radical (unpaired) electrons. The number of hydrogen-bond donors (Lipinski definition) is 0. The summed E-state index contributed by atoms with van der Waals surface area (Å²) in [6.45, 7) is 12.6. The van der Waals surface area contributed by atoms with Crippen LogP contribution in [0.1, 0.15) is 32.9 Å². The van der Waals surface area contributed by atoms with Crippen molar-refractivity contribution < 1.29 is 14.2 Å². The largest absolute Gasteiger partial charge is 0.379 e. The lowest BCUT2D eigenvalue weighted by Crippen LogP contribution is -2.12. The number of aryl methyl sites for hydroxylation is 1. The second-order valence-electron chi connectivity index (χ2n) is 3.96. The normalized spacial score (nSPS) is 10.2. The van der Waals surface area contributed by atoms with Gasteiger partial charge in [0.25, 0.3) is 0 Å². The minimum atomic E-state index is 0.599. The average molecular weight is 287 g/mol. The minimum Gasteiger partial charge on any atom is -0.379 e. The molecule has 0 atom stereocenters. The summed E-state index contributed by atoms with van der Waals surface area (Å²) in [6.07, 6.45) is 2.94. The van der Waals surface area contributed by atoms with Crippen LogP contribution in [0.4, 0.5) is 0 Å². The van der Waals surface area contributed by atoms with Gasteiger partial charge >= 0.3 is 0 Å². The Balaban J connectivity index is 0.00000172. The molecular weight excluding hydrogens is 258 g/mol. The van der Waals surface area contributed by atoms with E-state index in [1.807, 2.05) is 27.0 Å². The van der Waals surface area contributed by atoms with Gasteiger partial charge in [-0.05, 0) is 13.3 Å². The molecule has 0 fully saturated rings. The first-order valence-electron chi connectivity index (χ1n) is 7.43. The molecule has 6 nitrogen and oxygen atoms in total. The van der Waals surface area contributed by atoms with Crippen LogP contribution in [0.5, 0.6) is 0 Å². The van der Waals surface area contributed by atoms with Crippen molar-refractivity contribution in [2.24, 2.45) is 0 Å². The Labute approximate surface area is 122 Å². The molecule has 0 N–H and O–H groups in total. The Hall–Kier alpha value is -0.980.